The lowest BCUT2D eigenvalue weighted by atomic mass is 9.32. The molecule has 4 bridgehead atoms. The number of hydrogen-bond acceptors (Lipinski definition) is 6. The van der Waals surface area contributed by atoms with Crippen LogP contribution >= 0.6 is 0 Å². The number of esters is 1. The number of allylic oxidation sites excluding steroid dienone is 4. The predicted molar refractivity (Wildman–Crippen MR) is 244 cm³/mol. The minimum Gasteiger partial charge on any atom is -0.448 e. The standard InChI is InChI=1S/C56H61NO6/c1-49(2)52(5)28-31-56(49,63-48(52)61)47(60)57(34-38-18-13-17-36-16-9-10-19-40(36)38)35-54(62)27-24-45-51(54,4)26-23-44-50(3)25-22-39(58)32-53(50)29-30-55(44,45)43(33-53)46(59)42-21-12-11-20-41(42)37-14-7-6-8-15-37/h6-21,29-30,33,39,44-45,58,62H,22-28,31-32,34-35H2,1-5H3. The largest absolute Gasteiger partial charge is 0.448 e. The van der Waals surface area contributed by atoms with Crippen LogP contribution in [0.25, 0.3) is 21.9 Å². The lowest BCUT2D eigenvalue weighted by Gasteiger charge is -2.71. The van der Waals surface area contributed by atoms with E-state index < -0.39 is 44.4 Å². The molecule has 2 N–H and O–H groups in total. The number of aliphatic hydroxyl groups is 2. The van der Waals surface area contributed by atoms with Gasteiger partial charge in [-0.3, -0.25) is 14.4 Å². The molecule has 4 saturated carbocycles. The SMILES string of the molecule is CC12CCC(C(=O)N(Cc3cccc4ccccc34)CC3(O)CCC4C56C=CC7(C=C5C(=O)c5ccccc5-c5ccccc5)CC(O)CCC7(C)C6CCC43C)(OC1=O)C2(C)C. The highest BCUT2D eigenvalue weighted by atomic mass is 16.6. The maximum Gasteiger partial charge on any atom is 0.313 e. The van der Waals surface area contributed by atoms with Crippen LogP contribution in [0.2, 0.25) is 0 Å². The van der Waals surface area contributed by atoms with Crippen molar-refractivity contribution in [2.75, 3.05) is 6.54 Å². The summed E-state index contributed by atoms with van der Waals surface area (Å²) in [5.41, 5.74) is -1.87. The van der Waals surface area contributed by atoms with Crippen molar-refractivity contribution in [3.05, 3.63) is 132 Å². The molecule has 10 unspecified atom stereocenters. The second-order valence-corrected chi connectivity index (χ2v) is 22.0. The summed E-state index contributed by atoms with van der Waals surface area (Å²) in [6, 6.07) is 32.4. The number of rotatable bonds is 8. The van der Waals surface area contributed by atoms with E-state index in [2.05, 4.69) is 68.5 Å². The molecule has 4 aromatic carbocycles. The maximum absolute atomic E-state index is 15.7. The molecule has 7 aliphatic carbocycles. The molecule has 12 rings (SSSR count). The van der Waals surface area contributed by atoms with E-state index in [1.165, 1.54) is 0 Å². The molecule has 8 aliphatic rings. The van der Waals surface area contributed by atoms with E-state index in [0.29, 0.717) is 37.7 Å². The molecule has 1 heterocycles. The first-order valence-corrected chi connectivity index (χ1v) is 23.5. The van der Waals surface area contributed by atoms with Crippen molar-refractivity contribution in [3.63, 3.8) is 0 Å². The van der Waals surface area contributed by atoms with Crippen LogP contribution in [-0.4, -0.2) is 56.6 Å². The number of benzene rings is 4. The molecular formula is C56H61NO6. The van der Waals surface area contributed by atoms with E-state index in [0.717, 1.165) is 58.7 Å². The zero-order valence-electron chi connectivity index (χ0n) is 37.5. The fourth-order valence-corrected chi connectivity index (χ4v) is 15.4. The van der Waals surface area contributed by atoms with Crippen molar-refractivity contribution in [1.29, 1.82) is 0 Å². The van der Waals surface area contributed by atoms with Gasteiger partial charge in [-0.2, -0.15) is 0 Å². The van der Waals surface area contributed by atoms with Gasteiger partial charge in [0.15, 0.2) is 11.4 Å². The van der Waals surface area contributed by atoms with Gasteiger partial charge in [0.2, 0.25) is 0 Å². The molecule has 2 spiro atoms. The summed E-state index contributed by atoms with van der Waals surface area (Å²) in [6.07, 6.45) is 12.4. The molecule has 0 aromatic heterocycles. The number of hydrogen-bond donors (Lipinski definition) is 2. The van der Waals surface area contributed by atoms with Crippen LogP contribution < -0.4 is 0 Å². The molecule has 10 atom stereocenters. The third kappa shape index (κ3) is 5.07. The summed E-state index contributed by atoms with van der Waals surface area (Å²) in [7, 11) is 0. The fraction of sp³-hybridized carbons (Fsp3) is 0.482. The maximum atomic E-state index is 15.7. The molecular weight excluding hydrogens is 783 g/mol. The van der Waals surface area contributed by atoms with Gasteiger partial charge in [0.1, 0.15) is 0 Å². The summed E-state index contributed by atoms with van der Waals surface area (Å²) in [5, 5.41) is 27.1. The number of carbonyl (C=O) groups excluding carboxylic acids is 3. The van der Waals surface area contributed by atoms with E-state index >= 15 is 9.59 Å². The monoisotopic (exact) mass is 843 g/mol. The van der Waals surface area contributed by atoms with Gasteiger partial charge in [0.25, 0.3) is 5.91 Å². The highest BCUT2D eigenvalue weighted by Gasteiger charge is 2.78. The molecule has 326 valence electrons. The van der Waals surface area contributed by atoms with E-state index in [1.807, 2.05) is 86.3 Å². The van der Waals surface area contributed by atoms with Crippen LogP contribution in [0, 0.1) is 44.3 Å². The Bertz CT molecular complexity index is 2660. The summed E-state index contributed by atoms with van der Waals surface area (Å²) in [6.45, 7) is 10.9. The van der Waals surface area contributed by atoms with Gasteiger partial charge in [0, 0.05) is 39.3 Å². The second-order valence-electron chi connectivity index (χ2n) is 22.0. The third-order valence-electron chi connectivity index (χ3n) is 19.6. The predicted octanol–water partition coefficient (Wildman–Crippen LogP) is 10.4. The van der Waals surface area contributed by atoms with Crippen molar-refractivity contribution in [1.82, 2.24) is 4.90 Å². The summed E-state index contributed by atoms with van der Waals surface area (Å²) >= 11 is 0. The first kappa shape index (κ1) is 40.9. The average molecular weight is 844 g/mol. The summed E-state index contributed by atoms with van der Waals surface area (Å²) in [4.78, 5) is 46.8. The molecule has 4 aromatic rings. The van der Waals surface area contributed by atoms with Crippen LogP contribution in [-0.2, 0) is 20.9 Å². The molecule has 1 aliphatic heterocycles. The normalized spacial score (nSPS) is 39.0. The number of Topliss-reactive ketones (excluding diaryl/α,β-unsaturated/α-hetero) is 1. The number of aliphatic hydroxyl groups excluding tert-OH is 1. The Morgan fingerprint density at radius 1 is 0.746 bits per heavy atom. The average Bonchev–Trinajstić information content (AvgIpc) is 3.73. The highest BCUT2D eigenvalue weighted by Crippen LogP contribution is 2.78. The zero-order valence-corrected chi connectivity index (χ0v) is 37.5. The van der Waals surface area contributed by atoms with Crippen molar-refractivity contribution in [3.8, 4) is 11.1 Å². The second kappa shape index (κ2) is 13.4. The van der Waals surface area contributed by atoms with E-state index in [4.69, 9.17) is 4.74 Å². The van der Waals surface area contributed by atoms with Gasteiger partial charge in [-0.15, -0.1) is 0 Å². The molecule has 7 heteroatoms. The van der Waals surface area contributed by atoms with Crippen LogP contribution in [0.15, 0.2) is 121 Å². The van der Waals surface area contributed by atoms with Gasteiger partial charge in [0.05, 0.1) is 23.7 Å². The smallest absolute Gasteiger partial charge is 0.313 e. The number of fused-ring (bicyclic) bond motifs is 4. The van der Waals surface area contributed by atoms with Crippen LogP contribution in [0.5, 0.6) is 0 Å². The van der Waals surface area contributed by atoms with Crippen molar-refractivity contribution in [2.24, 2.45) is 44.3 Å². The first-order valence-electron chi connectivity index (χ1n) is 23.5. The molecule has 0 radical (unpaired) electrons. The Hall–Kier alpha value is -4.85. The Balaban J connectivity index is 1.03. The number of ether oxygens (including phenoxy) is 1. The summed E-state index contributed by atoms with van der Waals surface area (Å²) < 4.78 is 6.28. The van der Waals surface area contributed by atoms with Crippen LogP contribution in [0.1, 0.15) is 108 Å². The van der Waals surface area contributed by atoms with Gasteiger partial charge in [-0.05, 0) is 109 Å². The number of ketones is 1. The van der Waals surface area contributed by atoms with E-state index in [9.17, 15) is 15.0 Å². The Morgan fingerprint density at radius 3 is 2.19 bits per heavy atom. The van der Waals surface area contributed by atoms with Crippen LogP contribution in [0.3, 0.4) is 0 Å². The molecule has 63 heavy (non-hydrogen) atoms. The summed E-state index contributed by atoms with van der Waals surface area (Å²) in [5.74, 6) is -0.511. The van der Waals surface area contributed by atoms with Crippen LogP contribution in [0.4, 0.5) is 0 Å². The quantitative estimate of drug-likeness (QED) is 0.104. The number of carbonyl (C=O) groups is 3. The number of nitrogens with zero attached hydrogens (tertiary/aromatic N) is 1. The topological polar surface area (TPSA) is 104 Å². The molecule has 5 fully saturated rings. The van der Waals surface area contributed by atoms with Crippen molar-refractivity contribution >= 4 is 28.4 Å². The van der Waals surface area contributed by atoms with E-state index in [1.54, 1.807) is 0 Å². The lowest BCUT2D eigenvalue weighted by molar-refractivity contribution is -0.187. The minimum absolute atomic E-state index is 0.0198. The van der Waals surface area contributed by atoms with Gasteiger partial charge in [-0.25, -0.2) is 0 Å². The van der Waals surface area contributed by atoms with Crippen molar-refractivity contribution < 1.29 is 29.3 Å². The minimum atomic E-state index is -1.34. The lowest BCUT2D eigenvalue weighted by Crippen LogP contribution is -2.67. The zero-order chi connectivity index (χ0) is 44.0. The first-order chi connectivity index (χ1) is 30.0. The highest BCUT2D eigenvalue weighted by molar-refractivity contribution is 6.14. The van der Waals surface area contributed by atoms with E-state index in [-0.39, 0.29) is 48.0 Å². The molecule has 1 saturated heterocycles. The van der Waals surface area contributed by atoms with Gasteiger partial charge in [-0.1, -0.05) is 143 Å². The third-order valence-corrected chi connectivity index (χ3v) is 19.6. The van der Waals surface area contributed by atoms with Gasteiger partial charge >= 0.3 is 5.97 Å². The molecule has 1 amide bonds. The Kier molecular flexibility index (Phi) is 8.67. The van der Waals surface area contributed by atoms with Crippen molar-refractivity contribution in [2.45, 2.75) is 116 Å². The molecule has 7 nitrogen and oxygen atoms in total. The Morgan fingerprint density at radius 2 is 1.43 bits per heavy atom. The number of amides is 1. The van der Waals surface area contributed by atoms with Gasteiger partial charge < -0.3 is 19.8 Å². The fourth-order valence-electron chi connectivity index (χ4n) is 15.4. The Labute approximate surface area is 371 Å².